The number of hydrogen-bond donors (Lipinski definition) is 2. The molecule has 0 unspecified atom stereocenters. The molecule has 0 heterocycles. The van der Waals surface area contributed by atoms with E-state index in [4.69, 9.17) is 4.74 Å². The minimum absolute atomic E-state index is 0.0450. The Bertz CT molecular complexity index is 896. The van der Waals surface area contributed by atoms with Gasteiger partial charge < -0.3 is 15.2 Å². The lowest BCUT2D eigenvalue weighted by Gasteiger charge is -2.21. The van der Waals surface area contributed by atoms with E-state index in [2.05, 4.69) is 5.32 Å². The predicted octanol–water partition coefficient (Wildman–Crippen LogP) is 4.89. The first-order valence-electron chi connectivity index (χ1n) is 9.55. The number of carboxylic acid groups (broad SMARTS) is 1. The number of benzene rings is 3. The van der Waals surface area contributed by atoms with Crippen molar-refractivity contribution in [1.82, 2.24) is 5.32 Å². The van der Waals surface area contributed by atoms with E-state index in [-0.39, 0.29) is 17.6 Å². The van der Waals surface area contributed by atoms with Crippen molar-refractivity contribution in [2.75, 3.05) is 5.75 Å². The Labute approximate surface area is 180 Å². The number of thioether (sulfide) groups is 1. The highest BCUT2D eigenvalue weighted by atomic mass is 32.2. The van der Waals surface area contributed by atoms with Crippen LogP contribution in [-0.2, 0) is 16.1 Å². The van der Waals surface area contributed by atoms with Crippen LogP contribution in [0.3, 0.4) is 0 Å². The molecule has 0 aliphatic carbocycles. The summed E-state index contributed by atoms with van der Waals surface area (Å²) in [5, 5.41) is 12.0. The molecule has 0 fully saturated rings. The van der Waals surface area contributed by atoms with Gasteiger partial charge in [-0.2, -0.15) is 0 Å². The highest BCUT2D eigenvalue weighted by molar-refractivity contribution is 7.99. The first-order valence-corrected chi connectivity index (χ1v) is 10.6. The standard InChI is InChI=1S/C24H23NO4S/c26-23(27)21(25-24(28)29-16-18-10-4-1-5-11-18)17-30-22(19-12-6-2-7-13-19)20-14-8-3-9-15-20/h1-15,21-22H,16-17H2,(H,25,28)(H,26,27)/t21-/m1/s1. The zero-order chi connectivity index (χ0) is 21.2. The molecule has 0 saturated heterocycles. The molecule has 3 rings (SSSR count). The van der Waals surface area contributed by atoms with Gasteiger partial charge in [0.2, 0.25) is 0 Å². The molecule has 0 radical (unpaired) electrons. The van der Waals surface area contributed by atoms with E-state index in [9.17, 15) is 14.7 Å². The lowest BCUT2D eigenvalue weighted by molar-refractivity contribution is -0.138. The summed E-state index contributed by atoms with van der Waals surface area (Å²) < 4.78 is 5.16. The summed E-state index contributed by atoms with van der Waals surface area (Å²) in [5.41, 5.74) is 2.98. The first kappa shape index (κ1) is 21.5. The molecule has 0 bridgehead atoms. The summed E-state index contributed by atoms with van der Waals surface area (Å²) in [5.74, 6) is -0.899. The molecule has 30 heavy (non-hydrogen) atoms. The number of carbonyl (C=O) groups excluding carboxylic acids is 1. The molecular weight excluding hydrogens is 398 g/mol. The van der Waals surface area contributed by atoms with Crippen molar-refractivity contribution in [3.8, 4) is 0 Å². The molecule has 0 aromatic heterocycles. The van der Waals surface area contributed by atoms with E-state index in [1.807, 2.05) is 91.0 Å². The average Bonchev–Trinajstić information content (AvgIpc) is 2.79. The molecule has 0 aliphatic rings. The van der Waals surface area contributed by atoms with Crippen molar-refractivity contribution in [3.05, 3.63) is 108 Å². The van der Waals surface area contributed by atoms with E-state index in [0.717, 1.165) is 16.7 Å². The zero-order valence-corrected chi connectivity index (χ0v) is 17.1. The smallest absolute Gasteiger partial charge is 0.408 e. The Kier molecular flexibility index (Phi) is 7.92. The van der Waals surface area contributed by atoms with Crippen molar-refractivity contribution in [2.45, 2.75) is 17.9 Å². The number of ether oxygens (including phenoxy) is 1. The third kappa shape index (κ3) is 6.39. The summed E-state index contributed by atoms with van der Waals surface area (Å²) in [7, 11) is 0. The van der Waals surface area contributed by atoms with Crippen LogP contribution in [0.15, 0.2) is 91.0 Å². The molecule has 3 aromatic carbocycles. The second-order valence-corrected chi connectivity index (χ2v) is 7.77. The van der Waals surface area contributed by atoms with Crippen LogP contribution in [0.4, 0.5) is 4.79 Å². The minimum atomic E-state index is -1.10. The molecule has 0 saturated carbocycles. The maximum atomic E-state index is 12.1. The van der Waals surface area contributed by atoms with E-state index in [1.165, 1.54) is 11.8 Å². The van der Waals surface area contributed by atoms with Gasteiger partial charge in [-0.1, -0.05) is 91.0 Å². The Hall–Kier alpha value is -3.25. The molecule has 1 atom stereocenters. The van der Waals surface area contributed by atoms with Crippen molar-refractivity contribution < 1.29 is 19.4 Å². The van der Waals surface area contributed by atoms with Crippen LogP contribution in [0.1, 0.15) is 21.9 Å². The molecule has 5 nitrogen and oxygen atoms in total. The molecule has 3 aromatic rings. The number of carboxylic acids is 1. The fraction of sp³-hybridized carbons (Fsp3) is 0.167. The summed E-state index contributed by atoms with van der Waals surface area (Å²) in [6.07, 6.45) is -0.747. The fourth-order valence-electron chi connectivity index (χ4n) is 2.91. The topological polar surface area (TPSA) is 75.6 Å². The summed E-state index contributed by atoms with van der Waals surface area (Å²) in [6, 6.07) is 28.0. The molecule has 0 aliphatic heterocycles. The van der Waals surface area contributed by atoms with Gasteiger partial charge in [-0.15, -0.1) is 11.8 Å². The van der Waals surface area contributed by atoms with Crippen LogP contribution in [0, 0.1) is 0 Å². The molecule has 1 amide bonds. The number of nitrogens with one attached hydrogen (secondary N) is 1. The first-order chi connectivity index (χ1) is 14.6. The lowest BCUT2D eigenvalue weighted by atomic mass is 10.0. The number of hydrogen-bond acceptors (Lipinski definition) is 4. The molecule has 0 spiro atoms. The summed E-state index contributed by atoms with van der Waals surface area (Å²) >= 11 is 1.47. The van der Waals surface area contributed by atoms with Crippen LogP contribution in [0.25, 0.3) is 0 Å². The van der Waals surface area contributed by atoms with Gasteiger partial charge in [0, 0.05) is 5.75 Å². The van der Waals surface area contributed by atoms with Crippen LogP contribution in [0.5, 0.6) is 0 Å². The Morgan fingerprint density at radius 3 is 1.83 bits per heavy atom. The Morgan fingerprint density at radius 1 is 0.833 bits per heavy atom. The largest absolute Gasteiger partial charge is 0.480 e. The number of rotatable bonds is 9. The van der Waals surface area contributed by atoms with Gasteiger partial charge in [-0.25, -0.2) is 9.59 Å². The zero-order valence-electron chi connectivity index (χ0n) is 16.3. The van der Waals surface area contributed by atoms with Crippen molar-refractivity contribution in [3.63, 3.8) is 0 Å². The number of aliphatic carboxylic acids is 1. The fourth-order valence-corrected chi connectivity index (χ4v) is 4.22. The van der Waals surface area contributed by atoms with Gasteiger partial charge in [0.15, 0.2) is 0 Å². The molecule has 2 N–H and O–H groups in total. The molecular formula is C24H23NO4S. The van der Waals surface area contributed by atoms with Gasteiger partial charge in [-0.05, 0) is 16.7 Å². The van der Waals surface area contributed by atoms with E-state index >= 15 is 0 Å². The highest BCUT2D eigenvalue weighted by Crippen LogP contribution is 2.35. The normalized spacial score (nSPS) is 11.6. The minimum Gasteiger partial charge on any atom is -0.480 e. The van der Waals surface area contributed by atoms with Crippen molar-refractivity contribution >= 4 is 23.8 Å². The second-order valence-electron chi connectivity index (χ2n) is 6.63. The van der Waals surface area contributed by atoms with Crippen LogP contribution in [0.2, 0.25) is 0 Å². The summed E-state index contributed by atoms with van der Waals surface area (Å²) in [4.78, 5) is 23.8. The number of alkyl carbamates (subject to hydrolysis) is 1. The van der Waals surface area contributed by atoms with Gasteiger partial charge in [0.1, 0.15) is 12.6 Å². The maximum absolute atomic E-state index is 12.1. The van der Waals surface area contributed by atoms with Gasteiger partial charge in [-0.3, -0.25) is 0 Å². The third-order valence-electron chi connectivity index (χ3n) is 4.44. The van der Waals surface area contributed by atoms with Gasteiger partial charge >= 0.3 is 12.1 Å². The monoisotopic (exact) mass is 421 g/mol. The maximum Gasteiger partial charge on any atom is 0.408 e. The van der Waals surface area contributed by atoms with E-state index in [1.54, 1.807) is 0 Å². The Balaban J connectivity index is 1.63. The van der Waals surface area contributed by atoms with Crippen LogP contribution < -0.4 is 5.32 Å². The van der Waals surface area contributed by atoms with Crippen molar-refractivity contribution in [2.24, 2.45) is 0 Å². The SMILES string of the molecule is O=C(N[C@H](CSC(c1ccccc1)c1ccccc1)C(=O)O)OCc1ccccc1. The van der Waals surface area contributed by atoms with Gasteiger partial charge in [0.25, 0.3) is 0 Å². The quantitative estimate of drug-likeness (QED) is 0.515. The lowest BCUT2D eigenvalue weighted by Crippen LogP contribution is -2.43. The van der Waals surface area contributed by atoms with Crippen molar-refractivity contribution in [1.29, 1.82) is 0 Å². The van der Waals surface area contributed by atoms with E-state index < -0.39 is 18.1 Å². The summed E-state index contributed by atoms with van der Waals surface area (Å²) in [6.45, 7) is 0.0861. The highest BCUT2D eigenvalue weighted by Gasteiger charge is 2.24. The van der Waals surface area contributed by atoms with Crippen LogP contribution in [-0.4, -0.2) is 29.0 Å². The molecule has 154 valence electrons. The molecule has 6 heteroatoms. The third-order valence-corrected chi connectivity index (χ3v) is 5.84. The van der Waals surface area contributed by atoms with E-state index in [0.29, 0.717) is 0 Å². The van der Waals surface area contributed by atoms with Crippen LogP contribution >= 0.6 is 11.8 Å². The Morgan fingerprint density at radius 2 is 1.33 bits per heavy atom. The van der Waals surface area contributed by atoms with Gasteiger partial charge in [0.05, 0.1) is 5.25 Å². The number of carbonyl (C=O) groups is 2. The second kappa shape index (κ2) is 11.1. The number of amides is 1. The average molecular weight is 422 g/mol. The predicted molar refractivity (Wildman–Crippen MR) is 118 cm³/mol.